The summed E-state index contributed by atoms with van der Waals surface area (Å²) in [6.07, 6.45) is 0. The van der Waals surface area contributed by atoms with Crippen molar-refractivity contribution >= 4 is 27.7 Å². The summed E-state index contributed by atoms with van der Waals surface area (Å²) in [5, 5.41) is 2.79. The molecule has 162 valence electrons. The smallest absolute Gasteiger partial charge is 0.261 e. The SMILES string of the molecule is CCNC(=O)[C@@H](C)N(Cc1ccc(Br)cc1)C(=O)COc1ccc(C(C)(C)C)cc1. The standard InChI is InChI=1S/C24H31BrN2O3/c1-6-26-23(29)17(2)27(15-18-7-11-20(25)12-8-18)22(28)16-30-21-13-9-19(10-14-21)24(3,4)5/h7-14,17H,6,15-16H2,1-5H3,(H,26,29)/t17-/m1/s1. The number of hydrogen-bond acceptors (Lipinski definition) is 3. The number of likely N-dealkylation sites (N-methyl/N-ethyl adjacent to an activating group) is 1. The van der Waals surface area contributed by atoms with Gasteiger partial charge in [0.05, 0.1) is 0 Å². The Hall–Kier alpha value is -2.34. The fourth-order valence-corrected chi connectivity index (χ4v) is 3.23. The maximum atomic E-state index is 13.0. The van der Waals surface area contributed by atoms with Gasteiger partial charge in [0.1, 0.15) is 11.8 Å². The van der Waals surface area contributed by atoms with Crippen LogP contribution in [-0.2, 0) is 21.5 Å². The van der Waals surface area contributed by atoms with E-state index in [1.54, 1.807) is 11.8 Å². The van der Waals surface area contributed by atoms with Crippen LogP contribution in [0, 0.1) is 0 Å². The van der Waals surface area contributed by atoms with Crippen LogP contribution in [0.2, 0.25) is 0 Å². The molecule has 0 aliphatic carbocycles. The lowest BCUT2D eigenvalue weighted by atomic mass is 9.87. The largest absolute Gasteiger partial charge is 0.484 e. The molecule has 0 saturated carbocycles. The molecule has 5 nitrogen and oxygen atoms in total. The number of nitrogens with zero attached hydrogens (tertiary/aromatic N) is 1. The Morgan fingerprint density at radius 2 is 1.67 bits per heavy atom. The predicted octanol–water partition coefficient (Wildman–Crippen LogP) is 4.68. The molecule has 2 aromatic carbocycles. The van der Waals surface area contributed by atoms with Gasteiger partial charge < -0.3 is 15.0 Å². The van der Waals surface area contributed by atoms with E-state index in [1.165, 1.54) is 5.56 Å². The summed E-state index contributed by atoms with van der Waals surface area (Å²) in [7, 11) is 0. The Bertz CT molecular complexity index is 842. The third-order valence-electron chi connectivity index (χ3n) is 4.87. The van der Waals surface area contributed by atoms with E-state index in [0.717, 1.165) is 10.0 Å². The number of ether oxygens (including phenoxy) is 1. The molecule has 2 aromatic rings. The number of nitrogens with one attached hydrogen (secondary N) is 1. The van der Waals surface area contributed by atoms with Gasteiger partial charge in [-0.05, 0) is 54.7 Å². The molecule has 0 aromatic heterocycles. The van der Waals surface area contributed by atoms with E-state index >= 15 is 0 Å². The third kappa shape index (κ3) is 6.87. The monoisotopic (exact) mass is 474 g/mol. The Kier molecular flexibility index (Phi) is 8.47. The molecule has 1 atom stereocenters. The van der Waals surface area contributed by atoms with E-state index in [2.05, 4.69) is 42.0 Å². The average Bonchev–Trinajstić information content (AvgIpc) is 2.71. The molecular weight excluding hydrogens is 444 g/mol. The molecule has 0 radical (unpaired) electrons. The van der Waals surface area contributed by atoms with Crippen molar-refractivity contribution in [2.45, 2.75) is 52.6 Å². The Labute approximate surface area is 187 Å². The van der Waals surface area contributed by atoms with E-state index in [-0.39, 0.29) is 23.8 Å². The van der Waals surface area contributed by atoms with Gasteiger partial charge in [0.15, 0.2) is 6.61 Å². The van der Waals surface area contributed by atoms with E-state index < -0.39 is 6.04 Å². The summed E-state index contributed by atoms with van der Waals surface area (Å²) in [5.41, 5.74) is 2.19. The first-order chi connectivity index (χ1) is 14.1. The Morgan fingerprint density at radius 3 is 2.20 bits per heavy atom. The van der Waals surface area contributed by atoms with Crippen molar-refractivity contribution in [3.63, 3.8) is 0 Å². The zero-order chi connectivity index (χ0) is 22.3. The highest BCUT2D eigenvalue weighted by Gasteiger charge is 2.26. The molecule has 0 saturated heterocycles. The minimum absolute atomic E-state index is 0.0535. The van der Waals surface area contributed by atoms with E-state index in [4.69, 9.17) is 4.74 Å². The molecule has 2 amide bonds. The van der Waals surface area contributed by atoms with Gasteiger partial charge in [-0.1, -0.05) is 61.0 Å². The number of rotatable bonds is 8. The first kappa shape index (κ1) is 23.9. The molecule has 0 fully saturated rings. The molecule has 6 heteroatoms. The van der Waals surface area contributed by atoms with Crippen LogP contribution in [0.25, 0.3) is 0 Å². The van der Waals surface area contributed by atoms with Crippen LogP contribution in [0.3, 0.4) is 0 Å². The van der Waals surface area contributed by atoms with Gasteiger partial charge >= 0.3 is 0 Å². The highest BCUT2D eigenvalue weighted by Crippen LogP contribution is 2.24. The highest BCUT2D eigenvalue weighted by molar-refractivity contribution is 9.10. The van der Waals surface area contributed by atoms with Crippen molar-refractivity contribution in [3.8, 4) is 5.75 Å². The van der Waals surface area contributed by atoms with Crippen molar-refractivity contribution in [1.29, 1.82) is 0 Å². The number of hydrogen-bond donors (Lipinski definition) is 1. The zero-order valence-electron chi connectivity index (χ0n) is 18.4. The highest BCUT2D eigenvalue weighted by atomic mass is 79.9. The van der Waals surface area contributed by atoms with Crippen LogP contribution < -0.4 is 10.1 Å². The molecule has 0 heterocycles. The summed E-state index contributed by atoms with van der Waals surface area (Å²) in [6, 6.07) is 14.9. The molecule has 0 unspecified atom stereocenters. The molecule has 0 spiro atoms. The quantitative estimate of drug-likeness (QED) is 0.603. The van der Waals surface area contributed by atoms with Gasteiger partial charge in [-0.3, -0.25) is 9.59 Å². The van der Waals surface area contributed by atoms with Crippen molar-refractivity contribution in [1.82, 2.24) is 10.2 Å². The molecule has 30 heavy (non-hydrogen) atoms. The average molecular weight is 475 g/mol. The second kappa shape index (κ2) is 10.6. The lowest BCUT2D eigenvalue weighted by Crippen LogP contribution is -2.49. The summed E-state index contributed by atoms with van der Waals surface area (Å²) < 4.78 is 6.69. The van der Waals surface area contributed by atoms with Gasteiger partial charge in [0.2, 0.25) is 5.91 Å². The van der Waals surface area contributed by atoms with E-state index in [0.29, 0.717) is 18.8 Å². The van der Waals surface area contributed by atoms with Gasteiger partial charge in [-0.2, -0.15) is 0 Å². The third-order valence-corrected chi connectivity index (χ3v) is 5.40. The van der Waals surface area contributed by atoms with Crippen LogP contribution in [0.4, 0.5) is 0 Å². The minimum atomic E-state index is -0.604. The molecular formula is C24H31BrN2O3. The predicted molar refractivity (Wildman–Crippen MR) is 123 cm³/mol. The normalized spacial score (nSPS) is 12.2. The summed E-state index contributed by atoms with van der Waals surface area (Å²) in [6.45, 7) is 10.8. The molecule has 0 aliphatic rings. The van der Waals surface area contributed by atoms with Crippen molar-refractivity contribution in [3.05, 3.63) is 64.1 Å². The number of carbonyl (C=O) groups excluding carboxylic acids is 2. The molecule has 0 bridgehead atoms. The molecule has 2 rings (SSSR count). The lowest BCUT2D eigenvalue weighted by Gasteiger charge is -2.28. The number of carbonyl (C=O) groups is 2. The van der Waals surface area contributed by atoms with Gasteiger partial charge in [0, 0.05) is 17.6 Å². The fraction of sp³-hybridized carbons (Fsp3) is 0.417. The van der Waals surface area contributed by atoms with Crippen LogP contribution in [0.5, 0.6) is 5.75 Å². The second-order valence-electron chi connectivity index (χ2n) is 8.28. The maximum absolute atomic E-state index is 13.0. The van der Waals surface area contributed by atoms with Gasteiger partial charge in [-0.15, -0.1) is 0 Å². The lowest BCUT2D eigenvalue weighted by molar-refractivity contribution is -0.142. The maximum Gasteiger partial charge on any atom is 0.261 e. The minimum Gasteiger partial charge on any atom is -0.484 e. The first-order valence-corrected chi connectivity index (χ1v) is 11.0. The van der Waals surface area contributed by atoms with Gasteiger partial charge in [-0.25, -0.2) is 0 Å². The summed E-state index contributed by atoms with van der Waals surface area (Å²) in [4.78, 5) is 26.9. The number of benzene rings is 2. The zero-order valence-corrected chi connectivity index (χ0v) is 20.0. The summed E-state index contributed by atoms with van der Waals surface area (Å²) >= 11 is 3.42. The van der Waals surface area contributed by atoms with Crippen LogP contribution >= 0.6 is 15.9 Å². The van der Waals surface area contributed by atoms with Crippen LogP contribution in [-0.4, -0.2) is 35.9 Å². The molecule has 1 N–H and O–H groups in total. The first-order valence-electron chi connectivity index (χ1n) is 10.2. The van der Waals surface area contributed by atoms with Crippen LogP contribution in [0.15, 0.2) is 53.0 Å². The van der Waals surface area contributed by atoms with Gasteiger partial charge in [0.25, 0.3) is 5.91 Å². The van der Waals surface area contributed by atoms with Crippen molar-refractivity contribution in [2.24, 2.45) is 0 Å². The van der Waals surface area contributed by atoms with E-state index in [1.807, 2.05) is 55.5 Å². The Morgan fingerprint density at radius 1 is 1.07 bits per heavy atom. The topological polar surface area (TPSA) is 58.6 Å². The van der Waals surface area contributed by atoms with E-state index in [9.17, 15) is 9.59 Å². The van der Waals surface area contributed by atoms with Crippen molar-refractivity contribution < 1.29 is 14.3 Å². The Balaban J connectivity index is 2.11. The second-order valence-corrected chi connectivity index (χ2v) is 9.20. The fourth-order valence-electron chi connectivity index (χ4n) is 2.97. The summed E-state index contributed by atoms with van der Waals surface area (Å²) in [5.74, 6) is 0.208. The molecule has 0 aliphatic heterocycles. The number of amides is 2. The van der Waals surface area contributed by atoms with Crippen LogP contribution in [0.1, 0.15) is 45.7 Å². The number of halogens is 1. The van der Waals surface area contributed by atoms with Crippen molar-refractivity contribution in [2.75, 3.05) is 13.2 Å².